The minimum absolute atomic E-state index is 0.0557. The zero-order valence-corrected chi connectivity index (χ0v) is 18.8. The number of amides is 1. The number of aromatic nitrogens is 4. The maximum Gasteiger partial charge on any atom is 0.255 e. The third-order valence-electron chi connectivity index (χ3n) is 5.98. The fourth-order valence-electron chi connectivity index (χ4n) is 4.10. The van der Waals surface area contributed by atoms with Crippen molar-refractivity contribution < 1.29 is 13.9 Å². The summed E-state index contributed by atoms with van der Waals surface area (Å²) in [6.45, 7) is 1.17. The Kier molecular flexibility index (Phi) is 6.30. The van der Waals surface area contributed by atoms with Crippen LogP contribution in [-0.2, 0) is 0 Å². The number of nitrogens with zero attached hydrogens (tertiary/aromatic N) is 5. The molecule has 1 aliphatic heterocycles. The second-order valence-electron chi connectivity index (χ2n) is 8.27. The Morgan fingerprint density at radius 3 is 2.37 bits per heavy atom. The van der Waals surface area contributed by atoms with Gasteiger partial charge in [-0.3, -0.25) is 14.8 Å². The predicted molar refractivity (Wildman–Crippen MR) is 128 cm³/mol. The molecule has 0 bridgehead atoms. The van der Waals surface area contributed by atoms with Crippen LogP contribution in [0, 0.1) is 5.82 Å². The van der Waals surface area contributed by atoms with Crippen LogP contribution in [0.4, 0.5) is 10.2 Å². The maximum absolute atomic E-state index is 13.2. The molecular formula is C26H23FN6O2. The molecule has 1 saturated heterocycles. The van der Waals surface area contributed by atoms with E-state index < -0.39 is 0 Å². The van der Waals surface area contributed by atoms with E-state index in [1.165, 1.54) is 12.1 Å². The number of rotatable bonds is 5. The Bertz CT molecular complexity index is 1310. The van der Waals surface area contributed by atoms with Crippen LogP contribution in [0.25, 0.3) is 11.3 Å². The van der Waals surface area contributed by atoms with Gasteiger partial charge in [0.05, 0.1) is 11.3 Å². The minimum atomic E-state index is -0.333. The normalized spacial score (nSPS) is 14.0. The van der Waals surface area contributed by atoms with E-state index in [0.29, 0.717) is 36.1 Å². The number of carbonyl (C=O) groups is 1. The van der Waals surface area contributed by atoms with Gasteiger partial charge in [-0.25, -0.2) is 14.4 Å². The molecule has 176 valence electrons. The number of nitrogen functional groups attached to an aromatic ring is 1. The van der Waals surface area contributed by atoms with Gasteiger partial charge in [0, 0.05) is 49.4 Å². The Hall–Kier alpha value is -4.40. The summed E-state index contributed by atoms with van der Waals surface area (Å²) in [5.74, 6) is 1.05. The fraction of sp³-hybridized carbons (Fsp3) is 0.192. The van der Waals surface area contributed by atoms with E-state index in [-0.39, 0.29) is 17.6 Å². The first-order chi connectivity index (χ1) is 17.1. The summed E-state index contributed by atoms with van der Waals surface area (Å²) >= 11 is 0. The van der Waals surface area contributed by atoms with Crippen molar-refractivity contribution in [1.82, 2.24) is 24.8 Å². The summed E-state index contributed by atoms with van der Waals surface area (Å²) in [5.41, 5.74) is 8.48. The summed E-state index contributed by atoms with van der Waals surface area (Å²) in [5, 5.41) is 0. The molecule has 0 spiro atoms. The minimum Gasteiger partial charge on any atom is -0.437 e. The number of pyridine rings is 2. The highest BCUT2D eigenvalue weighted by Crippen LogP contribution is 2.34. The Balaban J connectivity index is 1.23. The number of anilines is 1. The molecule has 9 heteroatoms. The third kappa shape index (κ3) is 5.08. The molecule has 35 heavy (non-hydrogen) atoms. The van der Waals surface area contributed by atoms with E-state index in [0.717, 1.165) is 29.8 Å². The molecule has 1 fully saturated rings. The van der Waals surface area contributed by atoms with Crippen molar-refractivity contribution >= 4 is 11.7 Å². The van der Waals surface area contributed by atoms with Crippen LogP contribution in [0.3, 0.4) is 0 Å². The van der Waals surface area contributed by atoms with Crippen molar-refractivity contribution in [3.63, 3.8) is 0 Å². The first-order valence-corrected chi connectivity index (χ1v) is 11.3. The van der Waals surface area contributed by atoms with E-state index in [1.807, 2.05) is 17.0 Å². The highest BCUT2D eigenvalue weighted by Gasteiger charge is 2.28. The number of benzene rings is 1. The smallest absolute Gasteiger partial charge is 0.255 e. The van der Waals surface area contributed by atoms with Crippen LogP contribution in [0.2, 0.25) is 0 Å². The van der Waals surface area contributed by atoms with E-state index in [9.17, 15) is 9.18 Å². The number of nitrogens with two attached hydrogens (primary N) is 1. The summed E-state index contributed by atoms with van der Waals surface area (Å²) < 4.78 is 19.1. The molecule has 0 atom stereocenters. The molecule has 2 N–H and O–H groups in total. The molecular weight excluding hydrogens is 447 g/mol. The van der Waals surface area contributed by atoms with Gasteiger partial charge in [-0.15, -0.1) is 0 Å². The van der Waals surface area contributed by atoms with E-state index in [4.69, 9.17) is 10.5 Å². The van der Waals surface area contributed by atoms with E-state index in [1.54, 1.807) is 49.1 Å². The third-order valence-corrected chi connectivity index (χ3v) is 5.98. The van der Waals surface area contributed by atoms with Crippen molar-refractivity contribution in [1.29, 1.82) is 0 Å². The second-order valence-corrected chi connectivity index (χ2v) is 8.27. The molecule has 8 nitrogen and oxygen atoms in total. The van der Waals surface area contributed by atoms with Crippen molar-refractivity contribution in [3.8, 4) is 22.9 Å². The van der Waals surface area contributed by atoms with Crippen molar-refractivity contribution in [2.75, 3.05) is 18.8 Å². The molecule has 4 aromatic rings. The average molecular weight is 471 g/mol. The summed E-state index contributed by atoms with van der Waals surface area (Å²) in [4.78, 5) is 32.2. The summed E-state index contributed by atoms with van der Waals surface area (Å²) in [7, 11) is 0. The van der Waals surface area contributed by atoms with E-state index >= 15 is 0 Å². The molecule has 0 unspecified atom stereocenters. The highest BCUT2D eigenvalue weighted by atomic mass is 19.1. The van der Waals surface area contributed by atoms with Crippen molar-refractivity contribution in [2.45, 2.75) is 18.8 Å². The molecule has 0 saturated carbocycles. The zero-order valence-electron chi connectivity index (χ0n) is 18.8. The first-order valence-electron chi connectivity index (χ1n) is 11.3. The lowest BCUT2D eigenvalue weighted by Crippen LogP contribution is -2.38. The molecule has 3 aromatic heterocycles. The number of carbonyl (C=O) groups excluding carboxylic acids is 1. The summed E-state index contributed by atoms with van der Waals surface area (Å²) in [6, 6.07) is 12.9. The van der Waals surface area contributed by atoms with Gasteiger partial charge >= 0.3 is 0 Å². The monoisotopic (exact) mass is 470 g/mol. The van der Waals surface area contributed by atoms with Crippen LogP contribution < -0.4 is 10.5 Å². The number of hydrogen-bond acceptors (Lipinski definition) is 7. The molecule has 4 heterocycles. The molecule has 1 aliphatic rings. The number of ether oxygens (including phenoxy) is 1. The standard InChI is InChI=1S/C26H23FN6O2/c27-20-3-5-21(6-4-20)35-25-24(29-11-12-30-25)17-9-13-33(14-10-17)26(34)19-1-7-22(31-16-19)18-2-8-23(28)32-15-18/h1-8,11-12,15-17H,9-10,13-14H2,(H2,28,32). The van der Waals surface area contributed by atoms with Crippen LogP contribution >= 0.6 is 0 Å². The average Bonchev–Trinajstić information content (AvgIpc) is 2.91. The van der Waals surface area contributed by atoms with Gasteiger partial charge in [-0.2, -0.15) is 0 Å². The van der Waals surface area contributed by atoms with Gasteiger partial charge < -0.3 is 15.4 Å². The SMILES string of the molecule is Nc1ccc(-c2ccc(C(=O)N3CCC(c4nccnc4Oc4ccc(F)cc4)CC3)cn2)cn1. The van der Waals surface area contributed by atoms with Crippen LogP contribution in [0.5, 0.6) is 11.6 Å². The summed E-state index contributed by atoms with van der Waals surface area (Å²) in [6.07, 6.45) is 7.91. The van der Waals surface area contributed by atoms with E-state index in [2.05, 4.69) is 19.9 Å². The topological polar surface area (TPSA) is 107 Å². The van der Waals surface area contributed by atoms with Gasteiger partial charge in [-0.05, 0) is 61.4 Å². The lowest BCUT2D eigenvalue weighted by Gasteiger charge is -2.32. The Morgan fingerprint density at radius 2 is 1.69 bits per heavy atom. The molecule has 0 aliphatic carbocycles. The quantitative estimate of drug-likeness (QED) is 0.459. The lowest BCUT2D eigenvalue weighted by molar-refractivity contribution is 0.0711. The van der Waals surface area contributed by atoms with Gasteiger partial charge in [0.2, 0.25) is 5.88 Å². The fourth-order valence-corrected chi connectivity index (χ4v) is 4.10. The number of piperidine rings is 1. The Morgan fingerprint density at radius 1 is 0.914 bits per heavy atom. The van der Waals surface area contributed by atoms with Gasteiger partial charge in [0.1, 0.15) is 23.1 Å². The Labute approximate surface area is 201 Å². The maximum atomic E-state index is 13.2. The van der Waals surface area contributed by atoms with Crippen LogP contribution in [-0.4, -0.2) is 43.8 Å². The zero-order chi connectivity index (χ0) is 24.2. The largest absolute Gasteiger partial charge is 0.437 e. The number of hydrogen-bond donors (Lipinski definition) is 1. The van der Waals surface area contributed by atoms with Crippen molar-refractivity contribution in [2.24, 2.45) is 0 Å². The van der Waals surface area contributed by atoms with Crippen LogP contribution in [0.15, 0.2) is 73.3 Å². The number of halogens is 1. The lowest BCUT2D eigenvalue weighted by atomic mass is 9.93. The van der Waals surface area contributed by atoms with Crippen molar-refractivity contribution in [3.05, 3.63) is 90.4 Å². The molecule has 0 radical (unpaired) electrons. The van der Waals surface area contributed by atoms with Crippen LogP contribution in [0.1, 0.15) is 34.8 Å². The number of likely N-dealkylation sites (tertiary alicyclic amines) is 1. The molecule has 5 rings (SSSR count). The molecule has 1 amide bonds. The van der Waals surface area contributed by atoms with Gasteiger partial charge in [0.15, 0.2) is 0 Å². The predicted octanol–water partition coefficient (Wildman–Crippen LogP) is 4.47. The highest BCUT2D eigenvalue weighted by molar-refractivity contribution is 5.94. The molecule has 1 aromatic carbocycles. The second kappa shape index (κ2) is 9.84. The van der Waals surface area contributed by atoms with Gasteiger partial charge in [0.25, 0.3) is 5.91 Å². The first kappa shape index (κ1) is 22.4. The van der Waals surface area contributed by atoms with Gasteiger partial charge in [-0.1, -0.05) is 0 Å².